The van der Waals surface area contributed by atoms with E-state index in [4.69, 9.17) is 0 Å². The van der Waals surface area contributed by atoms with E-state index in [0.717, 1.165) is 0 Å². The Kier molecular flexibility index (Phi) is 8.13. The second-order valence-corrected chi connectivity index (χ2v) is 6.18. The number of hydrogen-bond acceptors (Lipinski definition) is 4. The summed E-state index contributed by atoms with van der Waals surface area (Å²) >= 11 is 0. The highest BCUT2D eigenvalue weighted by Crippen LogP contribution is 1.98. The third-order valence-corrected chi connectivity index (χ3v) is 4.14. The van der Waals surface area contributed by atoms with Gasteiger partial charge in [-0.1, -0.05) is 6.92 Å². The van der Waals surface area contributed by atoms with Gasteiger partial charge in [-0.2, -0.15) is 0 Å². The maximum Gasteiger partial charge on any atom is 0.236 e. The molecule has 0 fully saturated rings. The molecule has 0 bridgehead atoms. The van der Waals surface area contributed by atoms with Gasteiger partial charge in [0.05, 0.1) is 12.8 Å². The Bertz CT molecular complexity index is 343. The van der Waals surface area contributed by atoms with Crippen LogP contribution in [0.15, 0.2) is 0 Å². The molecule has 7 heteroatoms. The Morgan fingerprint density at radius 1 is 1.22 bits per heavy atom. The number of nitrogens with zero attached hydrogens (tertiary/aromatic N) is 2. The molecule has 0 saturated carbocycles. The highest BCUT2D eigenvalue weighted by atomic mass is 32.2. The maximum atomic E-state index is 11.4. The molecule has 0 spiro atoms. The van der Waals surface area contributed by atoms with Crippen molar-refractivity contribution >= 4 is 15.9 Å². The molecule has 6 nitrogen and oxygen atoms in total. The van der Waals surface area contributed by atoms with Gasteiger partial charge in [0.2, 0.25) is 15.9 Å². The Labute approximate surface area is 110 Å². The van der Waals surface area contributed by atoms with Crippen LogP contribution in [-0.4, -0.2) is 69.6 Å². The largest absolute Gasteiger partial charge is 0.345 e. The molecule has 0 radical (unpaired) electrons. The van der Waals surface area contributed by atoms with Gasteiger partial charge in [-0.25, -0.2) is 12.7 Å². The normalized spacial score (nSPS) is 11.8. The Morgan fingerprint density at radius 3 is 2.28 bits per heavy atom. The zero-order chi connectivity index (χ0) is 14.2. The second-order valence-electron chi connectivity index (χ2n) is 4.19. The molecule has 0 aliphatic rings. The first-order chi connectivity index (χ1) is 8.32. The van der Waals surface area contributed by atoms with Crippen LogP contribution in [0.1, 0.15) is 20.3 Å². The van der Waals surface area contributed by atoms with Crippen LogP contribution in [0.2, 0.25) is 0 Å². The molecule has 0 aliphatic heterocycles. The number of sulfonamides is 1. The Morgan fingerprint density at radius 2 is 1.83 bits per heavy atom. The number of rotatable bonds is 9. The minimum Gasteiger partial charge on any atom is -0.345 e. The van der Waals surface area contributed by atoms with Crippen LogP contribution < -0.4 is 5.32 Å². The molecule has 0 aromatic rings. The maximum absolute atomic E-state index is 11.4. The van der Waals surface area contributed by atoms with Crippen LogP contribution in [-0.2, 0) is 14.8 Å². The van der Waals surface area contributed by atoms with Gasteiger partial charge in [0, 0.05) is 26.7 Å². The molecule has 0 unspecified atom stereocenters. The van der Waals surface area contributed by atoms with Crippen molar-refractivity contribution in [2.75, 3.05) is 46.0 Å². The Balaban J connectivity index is 3.78. The van der Waals surface area contributed by atoms with E-state index in [0.29, 0.717) is 39.1 Å². The summed E-state index contributed by atoms with van der Waals surface area (Å²) in [7, 11) is -1.35. The zero-order valence-electron chi connectivity index (χ0n) is 11.8. The van der Waals surface area contributed by atoms with E-state index in [1.807, 2.05) is 13.8 Å². The number of carbonyl (C=O) groups is 1. The van der Waals surface area contributed by atoms with Gasteiger partial charge >= 0.3 is 0 Å². The third kappa shape index (κ3) is 6.93. The summed E-state index contributed by atoms with van der Waals surface area (Å²) in [6.45, 7) is 6.33. The summed E-state index contributed by atoms with van der Waals surface area (Å²) in [4.78, 5) is 13.1. The average Bonchev–Trinajstić information content (AvgIpc) is 2.30. The molecule has 1 N–H and O–H groups in total. The van der Waals surface area contributed by atoms with E-state index in [1.165, 1.54) is 10.6 Å². The highest BCUT2D eigenvalue weighted by molar-refractivity contribution is 7.88. The van der Waals surface area contributed by atoms with Crippen LogP contribution in [0, 0.1) is 0 Å². The first kappa shape index (κ1) is 17.3. The standard InChI is InChI=1S/C11H25N3O3S/c1-5-13(3)11(15)10-12-8-7-9-14(6-2)18(4,16)17/h12H,5-10H2,1-4H3. The van der Waals surface area contributed by atoms with Crippen LogP contribution in [0.3, 0.4) is 0 Å². The lowest BCUT2D eigenvalue weighted by molar-refractivity contribution is -0.128. The highest BCUT2D eigenvalue weighted by Gasteiger charge is 2.13. The van der Waals surface area contributed by atoms with Gasteiger partial charge in [-0.05, 0) is 19.9 Å². The lowest BCUT2D eigenvalue weighted by Crippen LogP contribution is -2.37. The van der Waals surface area contributed by atoms with Crippen molar-refractivity contribution in [1.29, 1.82) is 0 Å². The van der Waals surface area contributed by atoms with Crippen molar-refractivity contribution in [2.45, 2.75) is 20.3 Å². The van der Waals surface area contributed by atoms with Gasteiger partial charge in [-0.3, -0.25) is 4.79 Å². The van der Waals surface area contributed by atoms with Crippen LogP contribution in [0.4, 0.5) is 0 Å². The van der Waals surface area contributed by atoms with Crippen molar-refractivity contribution in [3.63, 3.8) is 0 Å². The molecular formula is C11H25N3O3S. The van der Waals surface area contributed by atoms with E-state index in [2.05, 4.69) is 5.32 Å². The van der Waals surface area contributed by atoms with E-state index in [1.54, 1.807) is 11.9 Å². The van der Waals surface area contributed by atoms with Crippen molar-refractivity contribution in [3.8, 4) is 0 Å². The number of likely N-dealkylation sites (N-methyl/N-ethyl adjacent to an activating group) is 1. The number of nitrogens with one attached hydrogen (secondary N) is 1. The van der Waals surface area contributed by atoms with Gasteiger partial charge in [0.25, 0.3) is 0 Å². The predicted octanol–water partition coefficient (Wildman–Crippen LogP) is -0.274. The van der Waals surface area contributed by atoms with Crippen molar-refractivity contribution < 1.29 is 13.2 Å². The summed E-state index contributed by atoms with van der Waals surface area (Å²) in [6.07, 6.45) is 1.91. The van der Waals surface area contributed by atoms with Crippen LogP contribution in [0.25, 0.3) is 0 Å². The van der Waals surface area contributed by atoms with Crippen molar-refractivity contribution in [2.24, 2.45) is 0 Å². The quantitative estimate of drug-likeness (QED) is 0.590. The molecule has 0 aromatic heterocycles. The minimum absolute atomic E-state index is 0.0490. The van der Waals surface area contributed by atoms with Crippen molar-refractivity contribution in [1.82, 2.24) is 14.5 Å². The monoisotopic (exact) mass is 279 g/mol. The van der Waals surface area contributed by atoms with Crippen molar-refractivity contribution in [3.05, 3.63) is 0 Å². The fourth-order valence-corrected chi connectivity index (χ4v) is 2.38. The Hall–Kier alpha value is -0.660. The summed E-state index contributed by atoms with van der Waals surface area (Å²) in [5.74, 6) is 0.0490. The summed E-state index contributed by atoms with van der Waals surface area (Å²) < 4.78 is 24.0. The van der Waals surface area contributed by atoms with Crippen LogP contribution >= 0.6 is 0 Å². The fraction of sp³-hybridized carbons (Fsp3) is 0.909. The summed E-state index contributed by atoms with van der Waals surface area (Å²) in [5.41, 5.74) is 0. The smallest absolute Gasteiger partial charge is 0.236 e. The fourth-order valence-electron chi connectivity index (χ4n) is 1.45. The lowest BCUT2D eigenvalue weighted by Gasteiger charge is -2.18. The van der Waals surface area contributed by atoms with Gasteiger partial charge in [-0.15, -0.1) is 0 Å². The van der Waals surface area contributed by atoms with Gasteiger partial charge < -0.3 is 10.2 Å². The summed E-state index contributed by atoms with van der Waals surface area (Å²) in [6, 6.07) is 0. The average molecular weight is 279 g/mol. The molecule has 18 heavy (non-hydrogen) atoms. The van der Waals surface area contributed by atoms with E-state index in [9.17, 15) is 13.2 Å². The molecule has 0 saturated heterocycles. The SMILES string of the molecule is CCN(C)C(=O)CNCCCN(CC)S(C)(=O)=O. The second kappa shape index (κ2) is 8.44. The molecule has 0 rings (SSSR count). The zero-order valence-corrected chi connectivity index (χ0v) is 12.6. The van der Waals surface area contributed by atoms with E-state index < -0.39 is 10.0 Å². The first-order valence-corrected chi connectivity index (χ1v) is 8.07. The molecule has 0 atom stereocenters. The molecule has 108 valence electrons. The first-order valence-electron chi connectivity index (χ1n) is 6.22. The van der Waals surface area contributed by atoms with Crippen LogP contribution in [0.5, 0.6) is 0 Å². The topological polar surface area (TPSA) is 69.7 Å². The van der Waals surface area contributed by atoms with Gasteiger partial charge in [0.15, 0.2) is 0 Å². The van der Waals surface area contributed by atoms with Gasteiger partial charge in [0.1, 0.15) is 0 Å². The number of hydrogen-bond donors (Lipinski definition) is 1. The number of amides is 1. The predicted molar refractivity (Wildman–Crippen MR) is 72.9 cm³/mol. The summed E-state index contributed by atoms with van der Waals surface area (Å²) in [5, 5.41) is 3.02. The molecule has 1 amide bonds. The minimum atomic E-state index is -3.11. The molecular weight excluding hydrogens is 254 g/mol. The molecule has 0 heterocycles. The van der Waals surface area contributed by atoms with E-state index >= 15 is 0 Å². The lowest BCUT2D eigenvalue weighted by atomic mass is 10.4. The van der Waals surface area contributed by atoms with E-state index in [-0.39, 0.29) is 5.91 Å². The third-order valence-electron chi connectivity index (χ3n) is 2.76. The molecule has 0 aliphatic carbocycles. The number of carbonyl (C=O) groups excluding carboxylic acids is 1. The molecule has 0 aromatic carbocycles.